The van der Waals surface area contributed by atoms with E-state index >= 15 is 0 Å². The van der Waals surface area contributed by atoms with Crippen molar-refractivity contribution in [2.45, 2.75) is 39.0 Å². The van der Waals surface area contributed by atoms with Gasteiger partial charge in [-0.25, -0.2) is 4.39 Å². The lowest BCUT2D eigenvalue weighted by Gasteiger charge is -2.57. The summed E-state index contributed by atoms with van der Waals surface area (Å²) in [5.74, 6) is 1.31. The number of nitrogens with zero attached hydrogens (tertiary/aromatic N) is 3. The first kappa shape index (κ1) is 15.7. The highest BCUT2D eigenvalue weighted by molar-refractivity contribution is 5.51. The van der Waals surface area contributed by atoms with Crippen LogP contribution in [0.25, 0.3) is 11.5 Å². The molecule has 1 saturated carbocycles. The zero-order chi connectivity index (χ0) is 16.9. The number of fused-ring (bicyclic) bond motifs is 1. The first-order valence-electron chi connectivity index (χ1n) is 8.37. The fourth-order valence-corrected chi connectivity index (χ4v) is 4.53. The molecule has 3 atom stereocenters. The number of hydrogen-bond acceptors (Lipinski definition) is 5. The van der Waals surface area contributed by atoms with Crippen LogP contribution in [-0.2, 0) is 11.3 Å². The molecule has 0 radical (unpaired) electrons. The van der Waals surface area contributed by atoms with E-state index in [9.17, 15) is 4.39 Å². The molecule has 0 bridgehead atoms. The van der Waals surface area contributed by atoms with Crippen LogP contribution in [0, 0.1) is 17.2 Å². The summed E-state index contributed by atoms with van der Waals surface area (Å²) in [7, 11) is 2.10. The van der Waals surface area contributed by atoms with Crippen LogP contribution in [0.15, 0.2) is 28.7 Å². The first-order chi connectivity index (χ1) is 11.5. The molecule has 1 aliphatic heterocycles. The Labute approximate surface area is 140 Å². The monoisotopic (exact) mass is 331 g/mol. The van der Waals surface area contributed by atoms with Crippen LogP contribution in [0.3, 0.4) is 0 Å². The van der Waals surface area contributed by atoms with Gasteiger partial charge in [0.1, 0.15) is 5.82 Å². The maximum absolute atomic E-state index is 13.0. The molecule has 0 N–H and O–H groups in total. The third kappa shape index (κ3) is 2.45. The van der Waals surface area contributed by atoms with Gasteiger partial charge in [0.2, 0.25) is 11.8 Å². The van der Waals surface area contributed by atoms with Gasteiger partial charge in [-0.15, -0.1) is 10.2 Å². The molecule has 2 fully saturated rings. The summed E-state index contributed by atoms with van der Waals surface area (Å²) in [6.45, 7) is 5.99. The van der Waals surface area contributed by atoms with E-state index < -0.39 is 0 Å². The van der Waals surface area contributed by atoms with Crippen LogP contribution in [0.4, 0.5) is 4.39 Å². The number of hydrogen-bond donors (Lipinski definition) is 0. The Morgan fingerprint density at radius 3 is 2.75 bits per heavy atom. The highest BCUT2D eigenvalue weighted by Crippen LogP contribution is 2.54. The summed E-state index contributed by atoms with van der Waals surface area (Å²) in [4.78, 5) is 2.29. The number of aromatic nitrogens is 2. The van der Waals surface area contributed by atoms with Crippen LogP contribution in [-0.4, -0.2) is 40.9 Å². The molecular weight excluding hydrogens is 309 g/mol. The van der Waals surface area contributed by atoms with E-state index in [-0.39, 0.29) is 11.2 Å². The first-order valence-corrected chi connectivity index (χ1v) is 8.37. The van der Waals surface area contributed by atoms with Crippen molar-refractivity contribution in [1.29, 1.82) is 0 Å². The Morgan fingerprint density at radius 1 is 1.25 bits per heavy atom. The molecule has 1 aromatic carbocycles. The Bertz CT molecular complexity index is 728. The molecule has 1 aliphatic carbocycles. The van der Waals surface area contributed by atoms with E-state index in [0.717, 1.165) is 18.6 Å². The molecule has 0 amide bonds. The Morgan fingerprint density at radius 2 is 2.00 bits per heavy atom. The van der Waals surface area contributed by atoms with Crippen molar-refractivity contribution >= 4 is 0 Å². The quantitative estimate of drug-likeness (QED) is 0.861. The second-order valence-corrected chi connectivity index (χ2v) is 7.43. The van der Waals surface area contributed by atoms with Gasteiger partial charge in [0.05, 0.1) is 12.6 Å². The van der Waals surface area contributed by atoms with E-state index in [1.54, 1.807) is 12.1 Å². The minimum absolute atomic E-state index is 0.135. The molecule has 2 aliphatic rings. The van der Waals surface area contributed by atoms with Crippen LogP contribution >= 0.6 is 0 Å². The third-order valence-electron chi connectivity index (χ3n) is 5.46. The average Bonchev–Trinajstić information content (AvgIpc) is 3.16. The lowest BCUT2D eigenvalue weighted by molar-refractivity contribution is -0.152. The number of benzene rings is 1. The maximum Gasteiger partial charge on any atom is 0.247 e. The average molecular weight is 331 g/mol. The van der Waals surface area contributed by atoms with Gasteiger partial charge in [-0.1, -0.05) is 13.8 Å². The predicted molar refractivity (Wildman–Crippen MR) is 86.6 cm³/mol. The summed E-state index contributed by atoms with van der Waals surface area (Å²) < 4.78 is 24.6. The Balaban J connectivity index is 1.47. The molecule has 128 valence electrons. The molecule has 2 aromatic rings. The second kappa shape index (κ2) is 5.63. The van der Waals surface area contributed by atoms with E-state index in [1.807, 2.05) is 0 Å². The minimum Gasteiger partial charge on any atom is -0.419 e. The minimum atomic E-state index is -0.279. The predicted octanol–water partition coefficient (Wildman–Crippen LogP) is 3.12. The van der Waals surface area contributed by atoms with Crippen LogP contribution in [0.1, 0.15) is 26.2 Å². The topological polar surface area (TPSA) is 51.4 Å². The smallest absolute Gasteiger partial charge is 0.247 e. The summed E-state index contributed by atoms with van der Waals surface area (Å²) in [5, 5.41) is 8.23. The lowest BCUT2D eigenvalue weighted by atomic mass is 9.57. The molecule has 1 aromatic heterocycles. The van der Waals surface area contributed by atoms with E-state index in [4.69, 9.17) is 9.15 Å². The number of ether oxygens (including phenoxy) is 1. The van der Waals surface area contributed by atoms with Gasteiger partial charge in [-0.3, -0.25) is 4.90 Å². The van der Waals surface area contributed by atoms with E-state index in [0.29, 0.717) is 36.4 Å². The molecular formula is C18H22FN3O2. The number of rotatable bonds is 4. The van der Waals surface area contributed by atoms with Gasteiger partial charge in [0.15, 0.2) is 0 Å². The van der Waals surface area contributed by atoms with Gasteiger partial charge in [0, 0.05) is 29.5 Å². The van der Waals surface area contributed by atoms with Gasteiger partial charge >= 0.3 is 0 Å². The molecule has 0 unspecified atom stereocenters. The van der Waals surface area contributed by atoms with Crippen molar-refractivity contribution < 1.29 is 13.5 Å². The van der Waals surface area contributed by atoms with Gasteiger partial charge in [-0.2, -0.15) is 0 Å². The van der Waals surface area contributed by atoms with Crippen molar-refractivity contribution in [1.82, 2.24) is 15.1 Å². The highest BCUT2D eigenvalue weighted by atomic mass is 19.1. The van der Waals surface area contributed by atoms with Crippen molar-refractivity contribution in [2.75, 3.05) is 13.7 Å². The molecule has 2 heterocycles. The Kier molecular flexibility index (Phi) is 3.69. The van der Waals surface area contributed by atoms with Crippen molar-refractivity contribution in [3.8, 4) is 11.5 Å². The third-order valence-corrected chi connectivity index (χ3v) is 5.46. The summed E-state index contributed by atoms with van der Waals surface area (Å²) in [6, 6.07) is 6.52. The summed E-state index contributed by atoms with van der Waals surface area (Å²) in [5.41, 5.74) is 0.862. The summed E-state index contributed by atoms with van der Waals surface area (Å²) in [6.07, 6.45) is 1.48. The van der Waals surface area contributed by atoms with Gasteiger partial charge < -0.3 is 9.15 Å². The van der Waals surface area contributed by atoms with Gasteiger partial charge in [0.25, 0.3) is 0 Å². The lowest BCUT2D eigenvalue weighted by Crippen LogP contribution is -2.65. The Hall–Kier alpha value is -1.79. The zero-order valence-electron chi connectivity index (χ0n) is 14.2. The van der Waals surface area contributed by atoms with Crippen molar-refractivity contribution in [3.05, 3.63) is 36.0 Å². The molecule has 1 saturated heterocycles. The fourth-order valence-electron chi connectivity index (χ4n) is 4.53. The largest absolute Gasteiger partial charge is 0.419 e. The number of halogens is 1. The molecule has 4 rings (SSSR count). The zero-order valence-corrected chi connectivity index (χ0v) is 14.2. The highest BCUT2D eigenvalue weighted by Gasteiger charge is 2.60. The van der Waals surface area contributed by atoms with Crippen molar-refractivity contribution in [2.24, 2.45) is 11.3 Å². The standard InChI is InChI=1S/C18H22FN3O2/c1-18(2)15(13-8-9-23-16(13)18)22(3)10-14-20-21-17(24-14)11-4-6-12(19)7-5-11/h4-7,13,15-16H,8-10H2,1-3H3/t13-,15-,16+/m1/s1. The van der Waals surface area contributed by atoms with Crippen LogP contribution in [0.2, 0.25) is 0 Å². The SMILES string of the molecule is CN(Cc1nnc(-c2ccc(F)cc2)o1)[C@@H]1[C@H]2CCO[C@@H]2C1(C)C. The molecule has 6 heteroatoms. The molecule has 5 nitrogen and oxygen atoms in total. The van der Waals surface area contributed by atoms with Crippen LogP contribution < -0.4 is 0 Å². The molecule has 0 spiro atoms. The normalized spacial score (nSPS) is 28.0. The van der Waals surface area contributed by atoms with Crippen molar-refractivity contribution in [3.63, 3.8) is 0 Å². The summed E-state index contributed by atoms with van der Waals surface area (Å²) >= 11 is 0. The van der Waals surface area contributed by atoms with Crippen LogP contribution in [0.5, 0.6) is 0 Å². The van der Waals surface area contributed by atoms with Gasteiger partial charge in [-0.05, 0) is 37.7 Å². The van der Waals surface area contributed by atoms with E-state index in [1.165, 1.54) is 12.1 Å². The fraction of sp³-hybridized carbons (Fsp3) is 0.556. The second-order valence-electron chi connectivity index (χ2n) is 7.43. The van der Waals surface area contributed by atoms with E-state index in [2.05, 4.69) is 36.0 Å². The molecule has 24 heavy (non-hydrogen) atoms. The maximum atomic E-state index is 13.0.